The van der Waals surface area contributed by atoms with E-state index in [9.17, 15) is 4.79 Å². The number of allylic oxidation sites excluding steroid dienone is 1. The maximum atomic E-state index is 10.8. The Morgan fingerprint density at radius 3 is 2.61 bits per heavy atom. The first kappa shape index (κ1) is 19.5. The Morgan fingerprint density at radius 2 is 1.82 bits per heavy atom. The Kier molecular flexibility index (Phi) is 6.65. The second-order valence-corrected chi connectivity index (χ2v) is 6.28. The third-order valence-corrected chi connectivity index (χ3v) is 4.24. The fourth-order valence-corrected chi connectivity index (χ4v) is 2.89. The monoisotopic (exact) mass is 377 g/mol. The van der Waals surface area contributed by atoms with Crippen LogP contribution in [0.1, 0.15) is 18.1 Å². The fourth-order valence-electron chi connectivity index (χ4n) is 2.89. The number of hydrogen-bond acceptors (Lipinski definition) is 4. The number of ether oxygens (including phenoxy) is 1. The molecule has 0 aliphatic carbocycles. The molecule has 144 valence electrons. The average Bonchev–Trinajstić information content (AvgIpc) is 2.70. The summed E-state index contributed by atoms with van der Waals surface area (Å²) in [5, 5.41) is 11.2. The van der Waals surface area contributed by atoms with E-state index in [0.29, 0.717) is 24.5 Å². The van der Waals surface area contributed by atoms with E-state index in [1.165, 1.54) is 10.8 Å². The highest BCUT2D eigenvalue weighted by molar-refractivity contribution is 5.85. The van der Waals surface area contributed by atoms with Gasteiger partial charge in [-0.25, -0.2) is 0 Å². The first-order valence-corrected chi connectivity index (χ1v) is 9.12. The van der Waals surface area contributed by atoms with Crippen molar-refractivity contribution < 1.29 is 19.5 Å². The summed E-state index contributed by atoms with van der Waals surface area (Å²) in [5.41, 5.74) is 5.61. The van der Waals surface area contributed by atoms with Crippen LogP contribution in [0.5, 0.6) is 5.75 Å². The summed E-state index contributed by atoms with van der Waals surface area (Å²) in [6.07, 6.45) is 1.94. The van der Waals surface area contributed by atoms with E-state index in [1.807, 2.05) is 25.1 Å². The number of hydroxylamine groups is 1. The van der Waals surface area contributed by atoms with Crippen molar-refractivity contribution in [3.8, 4) is 5.75 Å². The molecule has 3 aromatic carbocycles. The van der Waals surface area contributed by atoms with Crippen LogP contribution in [0, 0.1) is 0 Å². The smallest absolute Gasteiger partial charge is 0.307 e. The molecule has 0 atom stereocenters. The first-order valence-electron chi connectivity index (χ1n) is 9.12. The molecule has 0 spiro atoms. The number of rotatable bonds is 9. The standard InChI is InChI=1S/C23H23NO4/c1-2-22(20-11-10-18-7-3-4-8-19(18)16-20)24-28-13-12-27-21-9-5-6-17(14-21)15-23(25)26/h2-11,14,16,24H,12-13,15H2,1H3,(H,25,26). The summed E-state index contributed by atoms with van der Waals surface area (Å²) >= 11 is 0. The SMILES string of the molecule is CC=C(NOCCOc1cccc(CC(=O)O)c1)c1ccc2ccccc2c1. The van der Waals surface area contributed by atoms with E-state index in [-0.39, 0.29) is 6.42 Å². The molecular weight excluding hydrogens is 354 g/mol. The van der Waals surface area contributed by atoms with E-state index in [0.717, 1.165) is 11.3 Å². The molecule has 0 fully saturated rings. The molecule has 0 unspecified atom stereocenters. The van der Waals surface area contributed by atoms with Gasteiger partial charge < -0.3 is 9.84 Å². The first-order chi connectivity index (χ1) is 13.7. The molecule has 2 N–H and O–H groups in total. The highest BCUT2D eigenvalue weighted by atomic mass is 16.7. The predicted molar refractivity (Wildman–Crippen MR) is 110 cm³/mol. The molecule has 3 aromatic rings. The Labute approximate surface area is 164 Å². The molecular formula is C23H23NO4. The number of benzene rings is 3. The van der Waals surface area contributed by atoms with Crippen LogP contribution < -0.4 is 10.2 Å². The minimum Gasteiger partial charge on any atom is -0.491 e. The zero-order valence-corrected chi connectivity index (χ0v) is 15.7. The minimum absolute atomic E-state index is 0.0222. The zero-order valence-electron chi connectivity index (χ0n) is 15.7. The van der Waals surface area contributed by atoms with Gasteiger partial charge in [0.05, 0.1) is 12.1 Å². The maximum absolute atomic E-state index is 10.8. The van der Waals surface area contributed by atoms with Crippen LogP contribution in [0.15, 0.2) is 72.8 Å². The van der Waals surface area contributed by atoms with Crippen molar-refractivity contribution >= 4 is 22.4 Å². The van der Waals surface area contributed by atoms with Crippen molar-refractivity contribution in [2.45, 2.75) is 13.3 Å². The molecule has 0 bridgehead atoms. The van der Waals surface area contributed by atoms with Crippen LogP contribution in [0.3, 0.4) is 0 Å². The number of hydrogen-bond donors (Lipinski definition) is 2. The lowest BCUT2D eigenvalue weighted by Gasteiger charge is -2.13. The van der Waals surface area contributed by atoms with Gasteiger partial charge in [0.1, 0.15) is 19.0 Å². The number of carbonyl (C=O) groups is 1. The molecule has 0 amide bonds. The summed E-state index contributed by atoms with van der Waals surface area (Å²) in [6, 6.07) is 21.5. The second-order valence-electron chi connectivity index (χ2n) is 6.28. The van der Waals surface area contributed by atoms with Gasteiger partial charge in [-0.05, 0) is 41.5 Å². The highest BCUT2D eigenvalue weighted by Gasteiger charge is 2.04. The van der Waals surface area contributed by atoms with Crippen LogP contribution in [-0.4, -0.2) is 24.3 Å². The van der Waals surface area contributed by atoms with Crippen LogP contribution >= 0.6 is 0 Å². The zero-order chi connectivity index (χ0) is 19.8. The lowest BCUT2D eigenvalue weighted by molar-refractivity contribution is -0.136. The molecule has 3 rings (SSSR count). The number of aliphatic carboxylic acids is 1. The minimum atomic E-state index is -0.864. The van der Waals surface area contributed by atoms with Crippen molar-refractivity contribution in [1.29, 1.82) is 0 Å². The molecule has 28 heavy (non-hydrogen) atoms. The molecule has 0 saturated heterocycles. The van der Waals surface area contributed by atoms with Crippen LogP contribution in [0.4, 0.5) is 0 Å². The van der Waals surface area contributed by atoms with E-state index in [1.54, 1.807) is 24.3 Å². The quantitative estimate of drug-likeness (QED) is 0.427. The molecule has 5 heteroatoms. The number of fused-ring (bicyclic) bond motifs is 1. The largest absolute Gasteiger partial charge is 0.491 e. The molecule has 0 aromatic heterocycles. The lowest BCUT2D eigenvalue weighted by Crippen LogP contribution is -2.17. The normalized spacial score (nSPS) is 11.4. The van der Waals surface area contributed by atoms with Gasteiger partial charge in [0.2, 0.25) is 0 Å². The summed E-state index contributed by atoms with van der Waals surface area (Å²) in [5.74, 6) is -0.236. The maximum Gasteiger partial charge on any atom is 0.307 e. The lowest BCUT2D eigenvalue weighted by atomic mass is 10.1. The molecule has 5 nitrogen and oxygen atoms in total. The van der Waals surface area contributed by atoms with Crippen LogP contribution in [-0.2, 0) is 16.1 Å². The number of nitrogens with one attached hydrogen (secondary N) is 1. The van der Waals surface area contributed by atoms with Gasteiger partial charge in [-0.1, -0.05) is 54.6 Å². The summed E-state index contributed by atoms with van der Waals surface area (Å²) < 4.78 is 5.63. The summed E-state index contributed by atoms with van der Waals surface area (Å²) in [4.78, 5) is 16.3. The molecule has 0 aliphatic heterocycles. The van der Waals surface area contributed by atoms with Gasteiger partial charge in [-0.3, -0.25) is 15.1 Å². The second kappa shape index (κ2) is 9.58. The van der Waals surface area contributed by atoms with E-state index < -0.39 is 5.97 Å². The third kappa shape index (κ3) is 5.34. The van der Waals surface area contributed by atoms with Gasteiger partial charge in [-0.15, -0.1) is 0 Å². The van der Waals surface area contributed by atoms with Gasteiger partial charge >= 0.3 is 5.97 Å². The van der Waals surface area contributed by atoms with Crippen LogP contribution in [0.2, 0.25) is 0 Å². The molecule has 0 aliphatic rings. The van der Waals surface area contributed by atoms with Gasteiger partial charge in [0, 0.05) is 5.56 Å². The van der Waals surface area contributed by atoms with Crippen LogP contribution in [0.25, 0.3) is 16.5 Å². The number of carboxylic acid groups (broad SMARTS) is 1. The van der Waals surface area contributed by atoms with Crippen molar-refractivity contribution in [3.63, 3.8) is 0 Å². The fraction of sp³-hybridized carbons (Fsp3) is 0.174. The Bertz CT molecular complexity index is 981. The Morgan fingerprint density at radius 1 is 1.00 bits per heavy atom. The van der Waals surface area contributed by atoms with Gasteiger partial charge in [0.15, 0.2) is 0 Å². The van der Waals surface area contributed by atoms with Crippen molar-refractivity contribution in [3.05, 3.63) is 83.9 Å². The van der Waals surface area contributed by atoms with E-state index in [4.69, 9.17) is 14.7 Å². The molecule has 0 saturated carbocycles. The summed E-state index contributed by atoms with van der Waals surface area (Å²) in [7, 11) is 0. The van der Waals surface area contributed by atoms with Crippen molar-refractivity contribution in [1.82, 2.24) is 5.48 Å². The van der Waals surface area contributed by atoms with Crippen molar-refractivity contribution in [2.24, 2.45) is 0 Å². The predicted octanol–water partition coefficient (Wildman–Crippen LogP) is 4.43. The summed E-state index contributed by atoms with van der Waals surface area (Å²) in [6.45, 7) is 2.64. The Hall–Kier alpha value is -3.31. The number of carboxylic acids is 1. The average molecular weight is 377 g/mol. The third-order valence-electron chi connectivity index (χ3n) is 4.24. The molecule has 0 radical (unpaired) electrons. The van der Waals surface area contributed by atoms with Gasteiger partial charge in [-0.2, -0.15) is 0 Å². The van der Waals surface area contributed by atoms with Gasteiger partial charge in [0.25, 0.3) is 0 Å². The van der Waals surface area contributed by atoms with E-state index >= 15 is 0 Å². The van der Waals surface area contributed by atoms with E-state index in [2.05, 4.69) is 35.8 Å². The van der Waals surface area contributed by atoms with Crippen molar-refractivity contribution in [2.75, 3.05) is 13.2 Å². The molecule has 0 heterocycles. The topological polar surface area (TPSA) is 67.8 Å². The highest BCUT2D eigenvalue weighted by Crippen LogP contribution is 2.20. The Balaban J connectivity index is 1.49.